The predicted molar refractivity (Wildman–Crippen MR) is 175 cm³/mol. The molecule has 41 heavy (non-hydrogen) atoms. The Labute approximate surface area is 251 Å². The molecule has 5 rings (SSSR count). The normalized spacial score (nSPS) is 13.0. The number of phenols is 2. The summed E-state index contributed by atoms with van der Waals surface area (Å²) in [4.78, 5) is 12.0. The summed E-state index contributed by atoms with van der Waals surface area (Å²) in [6.07, 6.45) is 7.34. The second-order valence-electron chi connectivity index (χ2n) is 12.7. The molecule has 4 aromatic rings. The van der Waals surface area contributed by atoms with E-state index >= 15 is 0 Å². The maximum Gasteiger partial charge on any atom is 0.131 e. The quantitative estimate of drug-likeness (QED) is 0.141. The number of aryl methyl sites for hydroxylation is 1. The third-order valence-electron chi connectivity index (χ3n) is 8.34. The van der Waals surface area contributed by atoms with E-state index in [-0.39, 0.29) is 22.3 Å². The van der Waals surface area contributed by atoms with Gasteiger partial charge < -0.3 is 20.8 Å². The molecule has 3 heterocycles. The molecule has 218 valence electrons. The molecule has 2 aromatic carbocycles. The highest BCUT2D eigenvalue weighted by molar-refractivity contribution is 7.15. The van der Waals surface area contributed by atoms with Crippen LogP contribution in [0.15, 0.2) is 18.5 Å². The molecule has 0 saturated carbocycles. The Hall–Kier alpha value is -3.10. The van der Waals surface area contributed by atoms with Crippen LogP contribution in [0.2, 0.25) is 0 Å². The summed E-state index contributed by atoms with van der Waals surface area (Å²) in [5.74, 6) is 0.485. The van der Waals surface area contributed by atoms with Gasteiger partial charge in [-0.15, -0.1) is 22.7 Å². The van der Waals surface area contributed by atoms with Gasteiger partial charge in [-0.25, -0.2) is 9.97 Å². The molecular weight excluding hydrogens is 549 g/mol. The van der Waals surface area contributed by atoms with Crippen LogP contribution in [0.4, 0.5) is 22.7 Å². The molecule has 0 radical (unpaired) electrons. The number of fused-ring (bicyclic) bond motifs is 2. The Bertz CT molecular complexity index is 1630. The highest BCUT2D eigenvalue weighted by Gasteiger charge is 2.33. The minimum absolute atomic E-state index is 0.00260. The molecule has 4 N–H and O–H groups in total. The number of benzene rings is 2. The van der Waals surface area contributed by atoms with Crippen LogP contribution < -0.4 is 10.6 Å². The first-order valence-electron chi connectivity index (χ1n) is 14.6. The average molecular weight is 591 g/mol. The van der Waals surface area contributed by atoms with Crippen LogP contribution in [0, 0.1) is 6.92 Å². The minimum Gasteiger partial charge on any atom is -0.507 e. The first kappa shape index (κ1) is 29.4. The zero-order chi connectivity index (χ0) is 29.9. The van der Waals surface area contributed by atoms with Crippen molar-refractivity contribution in [3.05, 3.63) is 44.9 Å². The summed E-state index contributed by atoms with van der Waals surface area (Å²) >= 11 is 3.26. The number of anilines is 4. The molecule has 0 atom stereocenters. The van der Waals surface area contributed by atoms with Gasteiger partial charge in [-0.3, -0.25) is 0 Å². The molecule has 2 aromatic heterocycles. The molecule has 1 aliphatic rings. The van der Waals surface area contributed by atoms with E-state index in [1.54, 1.807) is 22.7 Å². The van der Waals surface area contributed by atoms with E-state index in [1.807, 2.05) is 25.4 Å². The van der Waals surface area contributed by atoms with Crippen LogP contribution in [0.5, 0.6) is 11.5 Å². The molecule has 8 heteroatoms. The number of aromatic nitrogens is 2. The maximum atomic E-state index is 11.6. The molecule has 0 saturated heterocycles. The van der Waals surface area contributed by atoms with Gasteiger partial charge in [0, 0.05) is 27.6 Å². The van der Waals surface area contributed by atoms with Crippen LogP contribution in [0.25, 0.3) is 21.1 Å². The highest BCUT2D eigenvalue weighted by atomic mass is 32.1. The van der Waals surface area contributed by atoms with Crippen molar-refractivity contribution in [1.82, 2.24) is 9.97 Å². The van der Waals surface area contributed by atoms with Crippen LogP contribution in [0.1, 0.15) is 94.7 Å². The largest absolute Gasteiger partial charge is 0.507 e. The topological polar surface area (TPSA) is 90.3 Å². The van der Waals surface area contributed by atoms with E-state index in [2.05, 4.69) is 66.0 Å². The molecule has 0 fully saturated rings. The second-order valence-corrected chi connectivity index (χ2v) is 14.7. The molecule has 0 aliphatic carbocycles. The van der Waals surface area contributed by atoms with Crippen molar-refractivity contribution >= 4 is 45.4 Å². The average Bonchev–Trinajstić information content (AvgIpc) is 3.60. The molecule has 0 unspecified atom stereocenters. The summed E-state index contributed by atoms with van der Waals surface area (Å²) in [5, 5.41) is 32.1. The van der Waals surface area contributed by atoms with E-state index in [0.29, 0.717) is 5.56 Å². The third-order valence-corrected chi connectivity index (χ3v) is 11.2. The fourth-order valence-electron chi connectivity index (χ4n) is 5.36. The van der Waals surface area contributed by atoms with Gasteiger partial charge in [0.15, 0.2) is 0 Å². The van der Waals surface area contributed by atoms with E-state index in [4.69, 9.17) is 9.97 Å². The van der Waals surface area contributed by atoms with Crippen molar-refractivity contribution < 1.29 is 10.2 Å². The molecule has 1 aliphatic heterocycles. The van der Waals surface area contributed by atoms with Crippen LogP contribution in [0.3, 0.4) is 0 Å². The van der Waals surface area contributed by atoms with Crippen molar-refractivity contribution in [2.45, 2.75) is 98.8 Å². The van der Waals surface area contributed by atoms with Crippen LogP contribution in [-0.2, 0) is 23.7 Å². The molecule has 0 bridgehead atoms. The van der Waals surface area contributed by atoms with Crippen molar-refractivity contribution in [3.63, 3.8) is 0 Å². The van der Waals surface area contributed by atoms with Crippen molar-refractivity contribution in [1.29, 1.82) is 0 Å². The summed E-state index contributed by atoms with van der Waals surface area (Å²) < 4.78 is 0. The zero-order valence-electron chi connectivity index (χ0n) is 25.7. The van der Waals surface area contributed by atoms with E-state index in [1.165, 1.54) is 4.88 Å². The van der Waals surface area contributed by atoms with Crippen molar-refractivity contribution in [2.75, 3.05) is 10.6 Å². The Kier molecular flexibility index (Phi) is 7.62. The number of hydrogen-bond donors (Lipinski definition) is 4. The Morgan fingerprint density at radius 1 is 0.805 bits per heavy atom. The van der Waals surface area contributed by atoms with E-state index < -0.39 is 0 Å². The first-order chi connectivity index (χ1) is 19.3. The predicted octanol–water partition coefficient (Wildman–Crippen LogP) is 9.95. The number of phenolic OH excluding ortho intramolecular Hbond substituents is 2. The van der Waals surface area contributed by atoms with E-state index in [9.17, 15) is 10.2 Å². The number of hydrogen-bond acceptors (Lipinski definition) is 8. The lowest BCUT2D eigenvalue weighted by atomic mass is 9.89. The maximum absolute atomic E-state index is 11.6. The van der Waals surface area contributed by atoms with Gasteiger partial charge in [-0.1, -0.05) is 61.8 Å². The second kappa shape index (κ2) is 10.6. The molecular formula is C33H42N4O2S2. The van der Waals surface area contributed by atoms with Gasteiger partial charge in [-0.2, -0.15) is 0 Å². The number of thiazole rings is 2. The number of nitrogens with zero attached hydrogens (tertiary/aromatic N) is 2. The van der Waals surface area contributed by atoms with Gasteiger partial charge in [0.05, 0.1) is 33.9 Å². The number of aromatic hydroxyl groups is 2. The highest BCUT2D eigenvalue weighted by Crippen LogP contribution is 2.56. The first-order valence-corrected chi connectivity index (χ1v) is 16.2. The standard InChI is InChI=1S/C33H42N4O2S2/c1-10-13-18-14-20(38)23(30-34-15-21(40-30)32(5,6)7)27-25(18)36-28-24(29(39)17(4)19(11-2)26(28)37-27)31-35-16-22(41-31)33(8,9)12-3/h14-16,36-39H,10-13H2,1-9H3. The smallest absolute Gasteiger partial charge is 0.131 e. The van der Waals surface area contributed by atoms with Gasteiger partial charge in [0.2, 0.25) is 0 Å². The van der Waals surface area contributed by atoms with Crippen molar-refractivity contribution in [3.8, 4) is 32.6 Å². The molecule has 0 amide bonds. The Morgan fingerprint density at radius 3 is 1.98 bits per heavy atom. The lowest BCUT2D eigenvalue weighted by molar-refractivity contribution is 0.472. The SMILES string of the molecule is CCCc1cc(O)c(-c2ncc(C(C)(C)C)s2)c2c1Nc1c(c(CC)c(C)c(O)c1-c1ncc(C(C)(C)CC)s1)N2. The minimum atomic E-state index is -0.0378. The van der Waals surface area contributed by atoms with Crippen molar-refractivity contribution in [2.24, 2.45) is 0 Å². The lowest BCUT2D eigenvalue weighted by Crippen LogP contribution is -2.14. The van der Waals surface area contributed by atoms with Crippen LogP contribution >= 0.6 is 22.7 Å². The zero-order valence-corrected chi connectivity index (χ0v) is 27.3. The Morgan fingerprint density at radius 2 is 1.39 bits per heavy atom. The summed E-state index contributed by atoms with van der Waals surface area (Å²) in [5.41, 5.74) is 7.76. The third kappa shape index (κ3) is 4.99. The van der Waals surface area contributed by atoms with E-state index in [0.717, 1.165) is 85.6 Å². The fourth-order valence-corrected chi connectivity index (χ4v) is 7.54. The lowest BCUT2D eigenvalue weighted by Gasteiger charge is -2.32. The Balaban J connectivity index is 1.76. The molecule has 0 spiro atoms. The fraction of sp³-hybridized carbons (Fsp3) is 0.455. The number of nitrogens with one attached hydrogen (secondary N) is 2. The van der Waals surface area contributed by atoms with Gasteiger partial charge in [-0.05, 0) is 54.4 Å². The monoisotopic (exact) mass is 590 g/mol. The van der Waals surface area contributed by atoms with Crippen LogP contribution in [-0.4, -0.2) is 20.2 Å². The van der Waals surface area contributed by atoms with Gasteiger partial charge >= 0.3 is 0 Å². The summed E-state index contributed by atoms with van der Waals surface area (Å²) in [7, 11) is 0. The van der Waals surface area contributed by atoms with Gasteiger partial charge in [0.1, 0.15) is 21.5 Å². The summed E-state index contributed by atoms with van der Waals surface area (Å²) in [6, 6.07) is 1.87. The molecule has 6 nitrogen and oxygen atoms in total. The number of rotatable bonds is 7. The summed E-state index contributed by atoms with van der Waals surface area (Å²) in [6.45, 7) is 19.4. The van der Waals surface area contributed by atoms with Gasteiger partial charge in [0.25, 0.3) is 0 Å².